The van der Waals surface area contributed by atoms with E-state index < -0.39 is 0 Å². The average molecular weight is 258 g/mol. The van der Waals surface area contributed by atoms with Crippen molar-refractivity contribution in [3.05, 3.63) is 18.2 Å². The number of nitrogens with one attached hydrogen (secondary N) is 1. The normalized spacial score (nSPS) is 9.82. The van der Waals surface area contributed by atoms with Gasteiger partial charge < -0.3 is 14.8 Å². The van der Waals surface area contributed by atoms with Crippen LogP contribution in [-0.2, 0) is 4.79 Å². The highest BCUT2D eigenvalue weighted by Gasteiger charge is 2.07. The van der Waals surface area contributed by atoms with Crippen molar-refractivity contribution in [2.45, 2.75) is 13.3 Å². The minimum absolute atomic E-state index is 0.141. The maximum absolute atomic E-state index is 11.0. The number of amides is 1. The second kappa shape index (κ2) is 7.01. The molecule has 0 radical (unpaired) electrons. The van der Waals surface area contributed by atoms with E-state index in [9.17, 15) is 4.79 Å². The van der Waals surface area contributed by atoms with Gasteiger partial charge in [-0.25, -0.2) is 0 Å². The SMILES string of the molecule is COc1ccc(NC(C)=O)c(OCCCCl)c1. The summed E-state index contributed by atoms with van der Waals surface area (Å²) in [6.07, 6.45) is 0.748. The Kier molecular flexibility index (Phi) is 5.63. The number of hydrogen-bond donors (Lipinski definition) is 1. The van der Waals surface area contributed by atoms with Crippen molar-refractivity contribution in [3.8, 4) is 11.5 Å². The third kappa shape index (κ3) is 4.53. The zero-order valence-corrected chi connectivity index (χ0v) is 10.7. The first-order valence-electron chi connectivity index (χ1n) is 5.31. The molecule has 0 aliphatic rings. The van der Waals surface area contributed by atoms with E-state index in [1.165, 1.54) is 6.92 Å². The number of hydrogen-bond acceptors (Lipinski definition) is 3. The van der Waals surface area contributed by atoms with Gasteiger partial charge in [0.15, 0.2) is 0 Å². The molecule has 17 heavy (non-hydrogen) atoms. The highest BCUT2D eigenvalue weighted by molar-refractivity contribution is 6.17. The zero-order valence-electron chi connectivity index (χ0n) is 9.96. The summed E-state index contributed by atoms with van der Waals surface area (Å²) in [6, 6.07) is 5.25. The smallest absolute Gasteiger partial charge is 0.221 e. The molecule has 0 atom stereocenters. The van der Waals surface area contributed by atoms with Gasteiger partial charge in [0.2, 0.25) is 5.91 Å². The van der Waals surface area contributed by atoms with Crippen LogP contribution in [0.5, 0.6) is 11.5 Å². The molecule has 0 saturated heterocycles. The summed E-state index contributed by atoms with van der Waals surface area (Å²) >= 11 is 5.58. The van der Waals surface area contributed by atoms with E-state index in [1.54, 1.807) is 25.3 Å². The number of rotatable bonds is 6. The molecule has 1 rings (SSSR count). The van der Waals surface area contributed by atoms with Crippen molar-refractivity contribution in [2.24, 2.45) is 0 Å². The minimum Gasteiger partial charge on any atom is -0.497 e. The number of alkyl halides is 1. The minimum atomic E-state index is -0.141. The molecule has 0 bridgehead atoms. The highest BCUT2D eigenvalue weighted by Crippen LogP contribution is 2.29. The Bertz CT molecular complexity index is 382. The Balaban J connectivity index is 2.82. The molecular formula is C12H16ClNO3. The highest BCUT2D eigenvalue weighted by atomic mass is 35.5. The van der Waals surface area contributed by atoms with Gasteiger partial charge in [-0.3, -0.25) is 4.79 Å². The molecule has 1 aromatic carbocycles. The van der Waals surface area contributed by atoms with E-state index in [4.69, 9.17) is 21.1 Å². The van der Waals surface area contributed by atoms with Crippen LogP contribution in [0.25, 0.3) is 0 Å². The van der Waals surface area contributed by atoms with Gasteiger partial charge in [-0.15, -0.1) is 11.6 Å². The van der Waals surface area contributed by atoms with Crippen LogP contribution in [0.15, 0.2) is 18.2 Å². The topological polar surface area (TPSA) is 47.6 Å². The van der Waals surface area contributed by atoms with E-state index in [-0.39, 0.29) is 5.91 Å². The third-order valence-corrected chi connectivity index (χ3v) is 2.30. The quantitative estimate of drug-likeness (QED) is 0.630. The predicted octanol–water partition coefficient (Wildman–Crippen LogP) is 2.66. The molecule has 1 amide bonds. The summed E-state index contributed by atoms with van der Waals surface area (Å²) in [4.78, 5) is 11.0. The first-order valence-corrected chi connectivity index (χ1v) is 5.85. The lowest BCUT2D eigenvalue weighted by Crippen LogP contribution is -2.08. The Morgan fingerprint density at radius 2 is 2.24 bits per heavy atom. The number of carbonyl (C=O) groups is 1. The fourth-order valence-electron chi connectivity index (χ4n) is 1.28. The van der Waals surface area contributed by atoms with Crippen LogP contribution < -0.4 is 14.8 Å². The summed E-state index contributed by atoms with van der Waals surface area (Å²) in [5.41, 5.74) is 0.632. The Morgan fingerprint density at radius 1 is 1.47 bits per heavy atom. The number of benzene rings is 1. The molecule has 0 saturated carbocycles. The molecule has 0 aliphatic heterocycles. The second-order valence-electron chi connectivity index (χ2n) is 3.43. The molecule has 0 spiro atoms. The second-order valence-corrected chi connectivity index (χ2v) is 3.81. The van der Waals surface area contributed by atoms with Gasteiger partial charge in [0.1, 0.15) is 11.5 Å². The lowest BCUT2D eigenvalue weighted by Gasteiger charge is -2.12. The molecule has 1 aromatic rings. The van der Waals surface area contributed by atoms with Crippen molar-refractivity contribution < 1.29 is 14.3 Å². The van der Waals surface area contributed by atoms with E-state index in [0.717, 1.165) is 6.42 Å². The Hall–Kier alpha value is -1.42. The molecule has 0 aliphatic carbocycles. The average Bonchev–Trinajstić information content (AvgIpc) is 2.30. The van der Waals surface area contributed by atoms with Crippen LogP contribution in [0, 0.1) is 0 Å². The van der Waals surface area contributed by atoms with Crippen LogP contribution in [0.4, 0.5) is 5.69 Å². The number of ether oxygens (including phenoxy) is 2. The van der Waals surface area contributed by atoms with Crippen LogP contribution in [0.1, 0.15) is 13.3 Å². The lowest BCUT2D eigenvalue weighted by atomic mass is 10.2. The zero-order chi connectivity index (χ0) is 12.7. The van der Waals surface area contributed by atoms with Gasteiger partial charge in [0.05, 0.1) is 19.4 Å². The molecular weight excluding hydrogens is 242 g/mol. The van der Waals surface area contributed by atoms with Crippen molar-refractivity contribution in [3.63, 3.8) is 0 Å². The molecule has 94 valence electrons. The molecule has 4 nitrogen and oxygen atoms in total. The number of halogens is 1. The van der Waals surface area contributed by atoms with Gasteiger partial charge in [0, 0.05) is 18.9 Å². The molecule has 1 N–H and O–H groups in total. The van der Waals surface area contributed by atoms with Crippen molar-refractivity contribution in [1.82, 2.24) is 0 Å². The Morgan fingerprint density at radius 3 is 2.82 bits per heavy atom. The number of anilines is 1. The fourth-order valence-corrected chi connectivity index (χ4v) is 1.39. The Labute approximate surface area is 106 Å². The first kappa shape index (κ1) is 13.6. The third-order valence-electron chi connectivity index (χ3n) is 2.04. The number of methoxy groups -OCH3 is 1. The van der Waals surface area contributed by atoms with Gasteiger partial charge >= 0.3 is 0 Å². The largest absolute Gasteiger partial charge is 0.497 e. The maximum atomic E-state index is 11.0. The van der Waals surface area contributed by atoms with Gasteiger partial charge in [-0.1, -0.05) is 0 Å². The van der Waals surface area contributed by atoms with Crippen molar-refractivity contribution in [2.75, 3.05) is 24.9 Å². The number of carbonyl (C=O) groups excluding carboxylic acids is 1. The molecule has 5 heteroatoms. The van der Waals surface area contributed by atoms with E-state index in [2.05, 4.69) is 5.32 Å². The standard InChI is InChI=1S/C12H16ClNO3/c1-9(15)14-11-5-4-10(16-2)8-12(11)17-7-3-6-13/h4-5,8H,3,6-7H2,1-2H3,(H,14,15). The van der Waals surface area contributed by atoms with Crippen LogP contribution in [0.2, 0.25) is 0 Å². The van der Waals surface area contributed by atoms with Crippen LogP contribution in [-0.4, -0.2) is 25.5 Å². The molecule has 0 aromatic heterocycles. The van der Waals surface area contributed by atoms with Gasteiger partial charge in [-0.05, 0) is 18.6 Å². The summed E-state index contributed by atoms with van der Waals surface area (Å²) < 4.78 is 10.6. The lowest BCUT2D eigenvalue weighted by molar-refractivity contribution is -0.114. The van der Waals surface area contributed by atoms with Crippen LogP contribution in [0.3, 0.4) is 0 Å². The van der Waals surface area contributed by atoms with E-state index in [0.29, 0.717) is 29.7 Å². The summed E-state index contributed by atoms with van der Waals surface area (Å²) in [7, 11) is 1.58. The summed E-state index contributed by atoms with van der Waals surface area (Å²) in [6.45, 7) is 1.95. The first-order chi connectivity index (χ1) is 8.17. The summed E-state index contributed by atoms with van der Waals surface area (Å²) in [5, 5.41) is 2.70. The molecule has 0 unspecified atom stereocenters. The monoisotopic (exact) mass is 257 g/mol. The van der Waals surface area contributed by atoms with Gasteiger partial charge in [-0.2, -0.15) is 0 Å². The maximum Gasteiger partial charge on any atom is 0.221 e. The molecule has 0 fully saturated rings. The predicted molar refractivity (Wildman–Crippen MR) is 68.1 cm³/mol. The van der Waals surface area contributed by atoms with Crippen molar-refractivity contribution in [1.29, 1.82) is 0 Å². The van der Waals surface area contributed by atoms with E-state index >= 15 is 0 Å². The van der Waals surface area contributed by atoms with E-state index in [1.807, 2.05) is 0 Å². The van der Waals surface area contributed by atoms with Crippen molar-refractivity contribution >= 4 is 23.2 Å². The fraction of sp³-hybridized carbons (Fsp3) is 0.417. The molecule has 0 heterocycles. The van der Waals surface area contributed by atoms with Crippen LogP contribution >= 0.6 is 11.6 Å². The summed E-state index contributed by atoms with van der Waals surface area (Å²) in [5.74, 6) is 1.67. The van der Waals surface area contributed by atoms with Gasteiger partial charge in [0.25, 0.3) is 0 Å².